The normalized spacial score (nSPS) is 32.5. The van der Waals surface area contributed by atoms with Crippen molar-refractivity contribution in [3.8, 4) is 0 Å². The predicted octanol–water partition coefficient (Wildman–Crippen LogP) is 1.13. The van der Waals surface area contributed by atoms with Crippen molar-refractivity contribution in [1.82, 2.24) is 0 Å². The summed E-state index contributed by atoms with van der Waals surface area (Å²) < 4.78 is 22.3. The van der Waals surface area contributed by atoms with Gasteiger partial charge in [0.1, 0.15) is 0 Å². The summed E-state index contributed by atoms with van der Waals surface area (Å²) >= 11 is 4.14. The average molecular weight is 194 g/mol. The first-order valence-electron chi connectivity index (χ1n) is 3.85. The summed E-state index contributed by atoms with van der Waals surface area (Å²) in [6.45, 7) is 0. The van der Waals surface area contributed by atoms with Crippen molar-refractivity contribution >= 4 is 22.5 Å². The smallest absolute Gasteiger partial charge is 0.150 e. The van der Waals surface area contributed by atoms with Gasteiger partial charge in [-0.2, -0.15) is 12.6 Å². The van der Waals surface area contributed by atoms with Gasteiger partial charge in [-0.3, -0.25) is 0 Å². The molecule has 1 aliphatic carbocycles. The second kappa shape index (κ2) is 3.35. The lowest BCUT2D eigenvalue weighted by Gasteiger charge is -2.14. The van der Waals surface area contributed by atoms with E-state index in [9.17, 15) is 8.42 Å². The molecule has 0 aromatic carbocycles. The highest BCUT2D eigenvalue weighted by Crippen LogP contribution is 2.31. The van der Waals surface area contributed by atoms with Crippen LogP contribution in [0.5, 0.6) is 0 Å². The minimum absolute atomic E-state index is 0.111. The third kappa shape index (κ3) is 2.12. The van der Waals surface area contributed by atoms with Crippen LogP contribution < -0.4 is 0 Å². The predicted molar refractivity (Wildman–Crippen MR) is 49.8 cm³/mol. The third-order valence-electron chi connectivity index (χ3n) is 2.37. The van der Waals surface area contributed by atoms with Crippen LogP contribution in [-0.2, 0) is 9.84 Å². The Kier molecular flexibility index (Phi) is 2.86. The molecule has 0 aromatic heterocycles. The lowest BCUT2D eigenvalue weighted by atomic mass is 10.1. The fourth-order valence-corrected chi connectivity index (χ4v) is 3.88. The molecule has 1 aliphatic rings. The minimum Gasteiger partial charge on any atom is -0.229 e. The number of hydrogen-bond acceptors (Lipinski definition) is 3. The molecule has 1 fully saturated rings. The van der Waals surface area contributed by atoms with Crippen LogP contribution in [0, 0.1) is 5.92 Å². The molecule has 0 saturated heterocycles. The van der Waals surface area contributed by atoms with Crippen molar-refractivity contribution in [2.24, 2.45) is 5.92 Å². The summed E-state index contributed by atoms with van der Waals surface area (Å²) in [6.07, 6.45) is 4.24. The Morgan fingerprint density at radius 2 is 2.09 bits per heavy atom. The Labute approximate surface area is 73.7 Å². The molecule has 1 saturated carbocycles. The van der Waals surface area contributed by atoms with Gasteiger partial charge in [-0.1, -0.05) is 6.42 Å². The standard InChI is InChI=1S/C7H14O2S2/c1-11(8,9)7-4-2-3-6(7)5-10/h6-7,10H,2-5H2,1H3. The van der Waals surface area contributed by atoms with E-state index in [1.165, 1.54) is 6.26 Å². The van der Waals surface area contributed by atoms with Gasteiger partial charge in [0.15, 0.2) is 9.84 Å². The molecule has 0 bridgehead atoms. The molecule has 0 aliphatic heterocycles. The van der Waals surface area contributed by atoms with Crippen molar-refractivity contribution in [2.45, 2.75) is 24.5 Å². The first kappa shape index (κ1) is 9.39. The number of thiol groups is 1. The van der Waals surface area contributed by atoms with Crippen molar-refractivity contribution in [3.05, 3.63) is 0 Å². The lowest BCUT2D eigenvalue weighted by Crippen LogP contribution is -2.25. The SMILES string of the molecule is CS(=O)(=O)C1CCCC1CS. The Bertz CT molecular complexity index is 221. The fourth-order valence-electron chi connectivity index (χ4n) is 1.78. The molecule has 66 valence electrons. The Morgan fingerprint density at radius 1 is 1.45 bits per heavy atom. The van der Waals surface area contributed by atoms with Gasteiger partial charge in [0.2, 0.25) is 0 Å². The van der Waals surface area contributed by atoms with Gasteiger partial charge >= 0.3 is 0 Å². The van der Waals surface area contributed by atoms with Crippen LogP contribution in [0.4, 0.5) is 0 Å². The highest BCUT2D eigenvalue weighted by molar-refractivity contribution is 7.91. The van der Waals surface area contributed by atoms with E-state index in [1.54, 1.807) is 0 Å². The van der Waals surface area contributed by atoms with Gasteiger partial charge in [-0.25, -0.2) is 8.42 Å². The topological polar surface area (TPSA) is 34.1 Å². The van der Waals surface area contributed by atoms with E-state index in [0.717, 1.165) is 19.3 Å². The zero-order valence-corrected chi connectivity index (χ0v) is 8.37. The number of sulfone groups is 1. The van der Waals surface area contributed by atoms with Gasteiger partial charge in [-0.15, -0.1) is 0 Å². The van der Waals surface area contributed by atoms with Crippen molar-refractivity contribution in [2.75, 3.05) is 12.0 Å². The maximum atomic E-state index is 11.2. The van der Waals surface area contributed by atoms with E-state index in [2.05, 4.69) is 12.6 Å². The van der Waals surface area contributed by atoms with Crippen LogP contribution >= 0.6 is 12.6 Å². The summed E-state index contributed by atoms with van der Waals surface area (Å²) in [5.74, 6) is 1.01. The first-order chi connectivity index (χ1) is 5.05. The van der Waals surface area contributed by atoms with Crippen molar-refractivity contribution in [1.29, 1.82) is 0 Å². The number of hydrogen-bond donors (Lipinski definition) is 1. The summed E-state index contributed by atoms with van der Waals surface area (Å²) in [5, 5.41) is -0.111. The second-order valence-electron chi connectivity index (χ2n) is 3.24. The Hall–Kier alpha value is 0.300. The molecule has 4 heteroatoms. The second-order valence-corrected chi connectivity index (χ2v) is 5.87. The Balaban J connectivity index is 2.72. The largest absolute Gasteiger partial charge is 0.229 e. The third-order valence-corrected chi connectivity index (χ3v) is 4.56. The van der Waals surface area contributed by atoms with E-state index >= 15 is 0 Å². The molecule has 0 N–H and O–H groups in total. The fraction of sp³-hybridized carbons (Fsp3) is 1.00. The summed E-state index contributed by atoms with van der Waals surface area (Å²) in [6, 6.07) is 0. The van der Waals surface area contributed by atoms with Gasteiger partial charge in [0.05, 0.1) is 5.25 Å². The maximum absolute atomic E-state index is 11.2. The van der Waals surface area contributed by atoms with Crippen LogP contribution in [0.15, 0.2) is 0 Å². The molecule has 2 nitrogen and oxygen atoms in total. The van der Waals surface area contributed by atoms with Crippen LogP contribution in [0.25, 0.3) is 0 Å². The maximum Gasteiger partial charge on any atom is 0.150 e. The van der Waals surface area contributed by atoms with E-state index < -0.39 is 9.84 Å². The first-order valence-corrected chi connectivity index (χ1v) is 6.44. The van der Waals surface area contributed by atoms with Gasteiger partial charge in [-0.05, 0) is 24.5 Å². The van der Waals surface area contributed by atoms with Gasteiger partial charge in [0.25, 0.3) is 0 Å². The van der Waals surface area contributed by atoms with Crippen LogP contribution in [-0.4, -0.2) is 25.7 Å². The molecule has 0 radical (unpaired) electrons. The summed E-state index contributed by atoms with van der Waals surface area (Å²) in [5.41, 5.74) is 0. The molecule has 0 spiro atoms. The number of rotatable bonds is 2. The highest BCUT2D eigenvalue weighted by atomic mass is 32.2. The van der Waals surface area contributed by atoms with E-state index in [0.29, 0.717) is 11.7 Å². The molecular formula is C7H14O2S2. The zero-order valence-electron chi connectivity index (χ0n) is 6.66. The lowest BCUT2D eigenvalue weighted by molar-refractivity contribution is 0.554. The van der Waals surface area contributed by atoms with E-state index in [1.807, 2.05) is 0 Å². The molecule has 0 amide bonds. The van der Waals surface area contributed by atoms with Crippen LogP contribution in [0.3, 0.4) is 0 Å². The van der Waals surface area contributed by atoms with E-state index in [-0.39, 0.29) is 5.25 Å². The zero-order chi connectivity index (χ0) is 8.48. The summed E-state index contributed by atoms with van der Waals surface area (Å²) in [4.78, 5) is 0. The molecule has 0 heterocycles. The highest BCUT2D eigenvalue weighted by Gasteiger charge is 2.33. The molecule has 0 aromatic rings. The Morgan fingerprint density at radius 3 is 2.45 bits per heavy atom. The average Bonchev–Trinajstić information content (AvgIpc) is 2.31. The summed E-state index contributed by atoms with van der Waals surface area (Å²) in [7, 11) is -2.81. The monoisotopic (exact) mass is 194 g/mol. The van der Waals surface area contributed by atoms with Gasteiger partial charge in [0, 0.05) is 6.26 Å². The van der Waals surface area contributed by atoms with E-state index in [4.69, 9.17) is 0 Å². The van der Waals surface area contributed by atoms with Crippen LogP contribution in [0.1, 0.15) is 19.3 Å². The molecule has 1 rings (SSSR count). The van der Waals surface area contributed by atoms with Crippen molar-refractivity contribution < 1.29 is 8.42 Å². The van der Waals surface area contributed by atoms with Crippen molar-refractivity contribution in [3.63, 3.8) is 0 Å². The quantitative estimate of drug-likeness (QED) is 0.669. The molecule has 2 unspecified atom stereocenters. The van der Waals surface area contributed by atoms with Gasteiger partial charge < -0.3 is 0 Å². The molecule has 2 atom stereocenters. The molecular weight excluding hydrogens is 180 g/mol. The van der Waals surface area contributed by atoms with Crippen LogP contribution in [0.2, 0.25) is 0 Å². The molecule has 11 heavy (non-hydrogen) atoms. The minimum atomic E-state index is -2.81.